The molecule has 2 heteroatoms. The van der Waals surface area contributed by atoms with E-state index in [0.29, 0.717) is 12.8 Å². The molecule has 0 heterocycles. The van der Waals surface area contributed by atoms with Crippen molar-refractivity contribution in [2.75, 3.05) is 0 Å². The molecule has 2 aromatic rings. The second kappa shape index (κ2) is 8.70. The third kappa shape index (κ3) is 5.11. The van der Waals surface area contributed by atoms with E-state index >= 15 is 0 Å². The Labute approximate surface area is 131 Å². The van der Waals surface area contributed by atoms with E-state index in [0.717, 1.165) is 11.1 Å². The molecule has 2 atom stereocenters. The lowest BCUT2D eigenvalue weighted by Crippen LogP contribution is -1.92. The zero-order valence-electron chi connectivity index (χ0n) is 12.2. The van der Waals surface area contributed by atoms with Gasteiger partial charge in [-0.15, -0.1) is 0 Å². The number of aliphatic hydroxyl groups excluding tert-OH is 2. The molecule has 110 valence electrons. The van der Waals surface area contributed by atoms with Crippen molar-refractivity contribution >= 4 is 0 Å². The van der Waals surface area contributed by atoms with Crippen LogP contribution in [0.3, 0.4) is 0 Å². The minimum atomic E-state index is -0.760. The van der Waals surface area contributed by atoms with Crippen molar-refractivity contribution in [2.45, 2.75) is 25.0 Å². The summed E-state index contributed by atoms with van der Waals surface area (Å²) in [5.41, 5.74) is 1.58. The summed E-state index contributed by atoms with van der Waals surface area (Å²) in [6, 6.07) is 18.7. The quantitative estimate of drug-likeness (QED) is 0.673. The van der Waals surface area contributed by atoms with Crippen LogP contribution in [-0.4, -0.2) is 10.2 Å². The van der Waals surface area contributed by atoms with Crippen LogP contribution in [0.2, 0.25) is 0 Å². The Kier molecular flexibility index (Phi) is 6.27. The van der Waals surface area contributed by atoms with Gasteiger partial charge in [0.2, 0.25) is 0 Å². The van der Waals surface area contributed by atoms with Crippen LogP contribution in [0.4, 0.5) is 0 Å². The normalized spacial score (nSPS) is 12.3. The Morgan fingerprint density at radius 2 is 1.00 bits per heavy atom. The van der Waals surface area contributed by atoms with Gasteiger partial charge in [-0.3, -0.25) is 0 Å². The van der Waals surface area contributed by atoms with Gasteiger partial charge in [0.15, 0.2) is 0 Å². The first-order valence-electron chi connectivity index (χ1n) is 7.20. The maximum atomic E-state index is 9.86. The number of benzene rings is 2. The number of aliphatic hydroxyl groups is 2. The highest BCUT2D eigenvalue weighted by Gasteiger charge is 2.01. The van der Waals surface area contributed by atoms with Crippen molar-refractivity contribution in [1.29, 1.82) is 0 Å². The summed E-state index contributed by atoms with van der Waals surface area (Å²) in [5.74, 6) is 11.4. The van der Waals surface area contributed by atoms with E-state index < -0.39 is 12.2 Å². The molecule has 0 saturated heterocycles. The van der Waals surface area contributed by atoms with Gasteiger partial charge in [0.25, 0.3) is 0 Å². The SMILES string of the molecule is OC(C#CCCC#CC(O)c1ccccc1)c1ccccc1. The van der Waals surface area contributed by atoms with Crippen LogP contribution >= 0.6 is 0 Å². The van der Waals surface area contributed by atoms with E-state index in [2.05, 4.69) is 23.7 Å². The molecule has 0 aliphatic rings. The van der Waals surface area contributed by atoms with Gasteiger partial charge in [-0.2, -0.15) is 0 Å². The molecule has 0 aromatic heterocycles. The van der Waals surface area contributed by atoms with Crippen molar-refractivity contribution in [1.82, 2.24) is 0 Å². The van der Waals surface area contributed by atoms with Gasteiger partial charge in [0.1, 0.15) is 12.2 Å². The largest absolute Gasteiger partial charge is 0.376 e. The van der Waals surface area contributed by atoms with E-state index in [-0.39, 0.29) is 0 Å². The van der Waals surface area contributed by atoms with Crippen LogP contribution in [0.5, 0.6) is 0 Å². The molecule has 2 nitrogen and oxygen atoms in total. The molecular weight excluding hydrogens is 272 g/mol. The molecule has 0 aliphatic carbocycles. The second-order valence-corrected chi connectivity index (χ2v) is 4.77. The highest BCUT2D eigenvalue weighted by atomic mass is 16.3. The lowest BCUT2D eigenvalue weighted by molar-refractivity contribution is 0.238. The minimum absolute atomic E-state index is 0.568. The molecule has 0 aliphatic heterocycles. The molecule has 0 bridgehead atoms. The Morgan fingerprint density at radius 1 is 0.636 bits per heavy atom. The Hall–Kier alpha value is -2.52. The molecule has 2 unspecified atom stereocenters. The summed E-state index contributed by atoms with van der Waals surface area (Å²) in [4.78, 5) is 0. The minimum Gasteiger partial charge on any atom is -0.376 e. The highest BCUT2D eigenvalue weighted by Crippen LogP contribution is 2.11. The predicted octanol–water partition coefficient (Wildman–Crippen LogP) is 3.24. The molecule has 2 rings (SSSR count). The summed E-state index contributed by atoms with van der Waals surface area (Å²) in [6.07, 6.45) is -0.385. The summed E-state index contributed by atoms with van der Waals surface area (Å²) in [6.45, 7) is 0. The number of hydrogen-bond acceptors (Lipinski definition) is 2. The monoisotopic (exact) mass is 290 g/mol. The van der Waals surface area contributed by atoms with Gasteiger partial charge < -0.3 is 10.2 Å². The standard InChI is InChI=1S/C20H18O2/c21-19(17-11-5-3-6-12-17)15-9-1-2-10-16-20(22)18-13-7-4-8-14-18/h3-8,11-14,19-22H,1-2H2. The first kappa shape index (κ1) is 15.9. The lowest BCUT2D eigenvalue weighted by atomic mass is 10.1. The molecule has 0 fully saturated rings. The molecule has 2 N–H and O–H groups in total. The molecule has 0 spiro atoms. The average Bonchev–Trinajstić information content (AvgIpc) is 2.59. The zero-order chi connectivity index (χ0) is 15.6. The van der Waals surface area contributed by atoms with Crippen LogP contribution in [0.15, 0.2) is 60.7 Å². The highest BCUT2D eigenvalue weighted by molar-refractivity contribution is 5.26. The zero-order valence-corrected chi connectivity index (χ0v) is 12.2. The van der Waals surface area contributed by atoms with E-state index in [1.807, 2.05) is 60.7 Å². The van der Waals surface area contributed by atoms with E-state index in [9.17, 15) is 10.2 Å². The third-order valence-electron chi connectivity index (χ3n) is 3.08. The average molecular weight is 290 g/mol. The van der Waals surface area contributed by atoms with Crippen molar-refractivity contribution in [3.05, 3.63) is 71.8 Å². The van der Waals surface area contributed by atoms with Crippen molar-refractivity contribution < 1.29 is 10.2 Å². The molecule has 22 heavy (non-hydrogen) atoms. The smallest absolute Gasteiger partial charge is 0.140 e. The van der Waals surface area contributed by atoms with Crippen LogP contribution < -0.4 is 0 Å². The van der Waals surface area contributed by atoms with E-state index in [1.165, 1.54) is 0 Å². The number of hydrogen-bond donors (Lipinski definition) is 2. The molecule has 0 amide bonds. The van der Waals surface area contributed by atoms with Crippen molar-refractivity contribution in [3.63, 3.8) is 0 Å². The Morgan fingerprint density at radius 3 is 1.36 bits per heavy atom. The van der Waals surface area contributed by atoms with Crippen LogP contribution in [0.25, 0.3) is 0 Å². The van der Waals surface area contributed by atoms with Gasteiger partial charge in [0.05, 0.1) is 0 Å². The van der Waals surface area contributed by atoms with Crippen LogP contribution in [0, 0.1) is 23.7 Å². The Balaban J connectivity index is 1.79. The first-order valence-corrected chi connectivity index (χ1v) is 7.20. The summed E-state index contributed by atoms with van der Waals surface area (Å²) in [5, 5.41) is 19.7. The second-order valence-electron chi connectivity index (χ2n) is 4.77. The fourth-order valence-corrected chi connectivity index (χ4v) is 1.90. The lowest BCUT2D eigenvalue weighted by Gasteiger charge is -2.02. The third-order valence-corrected chi connectivity index (χ3v) is 3.08. The molecule has 0 radical (unpaired) electrons. The van der Waals surface area contributed by atoms with Gasteiger partial charge in [-0.25, -0.2) is 0 Å². The topological polar surface area (TPSA) is 40.5 Å². The predicted molar refractivity (Wildman–Crippen MR) is 87.6 cm³/mol. The molecule has 2 aromatic carbocycles. The summed E-state index contributed by atoms with van der Waals surface area (Å²) in [7, 11) is 0. The number of unbranched alkanes of at least 4 members (excludes halogenated alkanes) is 1. The van der Waals surface area contributed by atoms with Gasteiger partial charge in [-0.05, 0) is 11.1 Å². The fourth-order valence-electron chi connectivity index (χ4n) is 1.90. The fraction of sp³-hybridized carbons (Fsp3) is 0.200. The van der Waals surface area contributed by atoms with Crippen molar-refractivity contribution in [3.8, 4) is 23.7 Å². The molecule has 0 saturated carbocycles. The van der Waals surface area contributed by atoms with E-state index in [4.69, 9.17) is 0 Å². The van der Waals surface area contributed by atoms with Crippen molar-refractivity contribution in [2.24, 2.45) is 0 Å². The number of rotatable bonds is 3. The summed E-state index contributed by atoms with van der Waals surface area (Å²) < 4.78 is 0. The van der Waals surface area contributed by atoms with E-state index in [1.54, 1.807) is 0 Å². The van der Waals surface area contributed by atoms with Crippen LogP contribution in [0.1, 0.15) is 36.2 Å². The van der Waals surface area contributed by atoms with Gasteiger partial charge >= 0.3 is 0 Å². The summed E-state index contributed by atoms with van der Waals surface area (Å²) >= 11 is 0. The van der Waals surface area contributed by atoms with Gasteiger partial charge in [0, 0.05) is 12.8 Å². The maximum absolute atomic E-state index is 9.86. The van der Waals surface area contributed by atoms with Gasteiger partial charge in [-0.1, -0.05) is 84.3 Å². The molecular formula is C20H18O2. The first-order chi connectivity index (χ1) is 10.8. The Bertz CT molecular complexity index is 621. The maximum Gasteiger partial charge on any atom is 0.140 e. The van der Waals surface area contributed by atoms with Crippen LogP contribution in [-0.2, 0) is 0 Å².